The van der Waals surface area contributed by atoms with Gasteiger partial charge in [-0.2, -0.15) is 0 Å². The fourth-order valence-corrected chi connectivity index (χ4v) is 3.91. The summed E-state index contributed by atoms with van der Waals surface area (Å²) in [4.78, 5) is 63.0. The van der Waals surface area contributed by atoms with Crippen LogP contribution in [-0.4, -0.2) is 51.7 Å². The summed E-state index contributed by atoms with van der Waals surface area (Å²) >= 11 is 0. The van der Waals surface area contributed by atoms with Gasteiger partial charge in [-0.15, -0.1) is 0 Å². The first kappa shape index (κ1) is 33.4. The molecule has 208 valence electrons. The Morgan fingerprint density at radius 1 is 0.583 bits per heavy atom. The smallest absolute Gasteiger partial charge is 0.310 e. The Morgan fingerprint density at radius 3 is 1.08 bits per heavy atom. The number of carboxylic acid groups (broad SMARTS) is 1. The van der Waals surface area contributed by atoms with Gasteiger partial charge in [0.2, 0.25) is 5.91 Å². The summed E-state index contributed by atoms with van der Waals surface area (Å²) in [5, 5.41) is 10.3. The zero-order valence-corrected chi connectivity index (χ0v) is 23.5. The van der Waals surface area contributed by atoms with Crippen LogP contribution in [0.5, 0.6) is 0 Å². The summed E-state index contributed by atoms with van der Waals surface area (Å²) < 4.78 is 15.9. The van der Waals surface area contributed by atoms with Gasteiger partial charge in [0.1, 0.15) is 16.8 Å². The molecule has 3 N–H and O–H groups in total. The van der Waals surface area contributed by atoms with E-state index in [1.807, 2.05) is 0 Å². The molecule has 0 aromatic heterocycles. The largest absolute Gasteiger partial charge is 0.481 e. The average molecular weight is 516 g/mol. The van der Waals surface area contributed by atoms with Crippen molar-refractivity contribution in [3.8, 4) is 0 Å². The quantitative estimate of drug-likeness (QED) is 0.290. The first-order valence-corrected chi connectivity index (χ1v) is 12.1. The van der Waals surface area contributed by atoms with Gasteiger partial charge < -0.3 is 25.1 Å². The maximum Gasteiger partial charge on any atom is 0.310 e. The Balaban J connectivity index is 6.30. The molecule has 0 aromatic carbocycles. The standard InChI is InChI=1S/C26H45NO9/c1-22(2,3)34-17(28)11-14-25(10,21(32)33)26(20(27)31,15-12-18(29)35-23(4,5)6)16-13-19(30)36-24(7,8)9/h11-16H2,1-10H3,(H2,27,31)(H,32,33). The third-order valence-electron chi connectivity index (χ3n) is 5.60. The lowest BCUT2D eigenvalue weighted by molar-refractivity contribution is -0.172. The van der Waals surface area contributed by atoms with Crippen LogP contribution in [0.3, 0.4) is 0 Å². The predicted octanol–water partition coefficient (Wildman–Crippen LogP) is 3.91. The van der Waals surface area contributed by atoms with E-state index in [0.717, 1.165) is 0 Å². The molecule has 1 amide bonds. The normalized spacial score (nSPS) is 14.4. The van der Waals surface area contributed by atoms with Crippen LogP contribution in [-0.2, 0) is 38.2 Å². The lowest BCUT2D eigenvalue weighted by atomic mass is 9.57. The van der Waals surface area contributed by atoms with E-state index in [4.69, 9.17) is 19.9 Å². The van der Waals surface area contributed by atoms with Crippen LogP contribution in [0.2, 0.25) is 0 Å². The van der Waals surface area contributed by atoms with Gasteiger partial charge in [0, 0.05) is 19.3 Å². The molecule has 0 aliphatic heterocycles. The number of esters is 3. The molecule has 0 aliphatic rings. The predicted molar refractivity (Wildman–Crippen MR) is 133 cm³/mol. The number of rotatable bonds is 12. The topological polar surface area (TPSA) is 159 Å². The van der Waals surface area contributed by atoms with E-state index in [1.165, 1.54) is 6.92 Å². The summed E-state index contributed by atoms with van der Waals surface area (Å²) in [5.74, 6) is -4.33. The SMILES string of the molecule is CC(C)(C)OC(=O)CCC(C)(C(=O)O)C(CCC(=O)OC(C)(C)C)(CCC(=O)OC(C)(C)C)C(N)=O. The molecule has 0 saturated carbocycles. The van der Waals surface area contributed by atoms with Crippen LogP contribution in [0.1, 0.15) is 108 Å². The number of primary amides is 1. The minimum absolute atomic E-state index is 0.294. The molecule has 0 spiro atoms. The number of carbonyl (C=O) groups excluding carboxylic acids is 4. The molecular formula is C26H45NO9. The van der Waals surface area contributed by atoms with Gasteiger partial charge in [-0.1, -0.05) is 0 Å². The first-order valence-electron chi connectivity index (χ1n) is 12.1. The van der Waals surface area contributed by atoms with Gasteiger partial charge in [0.05, 0.1) is 10.8 Å². The second kappa shape index (κ2) is 12.1. The third kappa shape index (κ3) is 11.0. The molecular weight excluding hydrogens is 470 g/mol. The second-order valence-electron chi connectivity index (χ2n) is 12.3. The number of nitrogens with two attached hydrogens (primary N) is 1. The molecule has 0 saturated heterocycles. The van der Waals surface area contributed by atoms with Crippen molar-refractivity contribution in [3.63, 3.8) is 0 Å². The molecule has 0 bridgehead atoms. The minimum atomic E-state index is -1.90. The number of hydrogen-bond donors (Lipinski definition) is 2. The molecule has 0 heterocycles. The third-order valence-corrected chi connectivity index (χ3v) is 5.60. The van der Waals surface area contributed by atoms with Crippen molar-refractivity contribution < 1.29 is 43.3 Å². The molecule has 1 unspecified atom stereocenters. The van der Waals surface area contributed by atoms with Crippen molar-refractivity contribution in [2.24, 2.45) is 16.6 Å². The van der Waals surface area contributed by atoms with Crippen molar-refractivity contribution in [2.75, 3.05) is 0 Å². The Kier molecular flexibility index (Phi) is 11.2. The summed E-state index contributed by atoms with van der Waals surface area (Å²) in [6.07, 6.45) is -1.83. The van der Waals surface area contributed by atoms with E-state index in [-0.39, 0.29) is 38.5 Å². The Morgan fingerprint density at radius 2 is 0.861 bits per heavy atom. The fraction of sp³-hybridized carbons (Fsp3) is 0.808. The number of hydrogen-bond acceptors (Lipinski definition) is 8. The van der Waals surface area contributed by atoms with Crippen LogP contribution >= 0.6 is 0 Å². The minimum Gasteiger partial charge on any atom is -0.481 e. The van der Waals surface area contributed by atoms with E-state index in [9.17, 15) is 29.1 Å². The highest BCUT2D eigenvalue weighted by molar-refractivity contribution is 5.91. The van der Waals surface area contributed by atoms with Crippen molar-refractivity contribution in [1.82, 2.24) is 0 Å². The highest BCUT2D eigenvalue weighted by Gasteiger charge is 2.57. The molecule has 10 nitrogen and oxygen atoms in total. The highest BCUT2D eigenvalue weighted by atomic mass is 16.6. The van der Waals surface area contributed by atoms with Gasteiger partial charge in [-0.05, 0) is 88.5 Å². The molecule has 0 fully saturated rings. The van der Waals surface area contributed by atoms with E-state index >= 15 is 0 Å². The zero-order chi connectivity index (χ0) is 28.8. The van der Waals surface area contributed by atoms with Crippen molar-refractivity contribution in [1.29, 1.82) is 0 Å². The maximum absolute atomic E-state index is 13.0. The molecule has 0 aliphatic carbocycles. The number of carboxylic acids is 1. The number of amides is 1. The zero-order valence-electron chi connectivity index (χ0n) is 23.5. The van der Waals surface area contributed by atoms with E-state index in [1.54, 1.807) is 62.3 Å². The number of ether oxygens (including phenoxy) is 3. The van der Waals surface area contributed by atoms with Gasteiger partial charge in [-0.25, -0.2) is 0 Å². The van der Waals surface area contributed by atoms with Gasteiger partial charge in [0.15, 0.2) is 0 Å². The summed E-state index contributed by atoms with van der Waals surface area (Å²) in [5.41, 5.74) is -0.340. The Bertz CT molecular complexity index is 796. The average Bonchev–Trinajstić information content (AvgIpc) is 2.61. The van der Waals surface area contributed by atoms with Gasteiger partial charge >= 0.3 is 23.9 Å². The van der Waals surface area contributed by atoms with Crippen LogP contribution in [0, 0.1) is 10.8 Å². The summed E-state index contributed by atoms with van der Waals surface area (Å²) in [6, 6.07) is 0. The van der Waals surface area contributed by atoms with E-state index < -0.39 is 57.4 Å². The van der Waals surface area contributed by atoms with Crippen molar-refractivity contribution in [2.45, 2.75) is 125 Å². The molecule has 36 heavy (non-hydrogen) atoms. The molecule has 0 radical (unpaired) electrons. The molecule has 0 aromatic rings. The molecule has 0 rings (SSSR count). The first-order chi connectivity index (χ1) is 15.9. The second-order valence-corrected chi connectivity index (χ2v) is 12.3. The fourth-order valence-electron chi connectivity index (χ4n) is 3.91. The van der Waals surface area contributed by atoms with Crippen molar-refractivity contribution in [3.05, 3.63) is 0 Å². The highest BCUT2D eigenvalue weighted by Crippen LogP contribution is 2.50. The van der Waals surface area contributed by atoms with Crippen LogP contribution in [0.25, 0.3) is 0 Å². The monoisotopic (exact) mass is 515 g/mol. The number of carbonyl (C=O) groups is 5. The van der Waals surface area contributed by atoms with Crippen LogP contribution in [0.15, 0.2) is 0 Å². The summed E-state index contributed by atoms with van der Waals surface area (Å²) in [7, 11) is 0. The van der Waals surface area contributed by atoms with E-state index in [0.29, 0.717) is 0 Å². The van der Waals surface area contributed by atoms with Crippen LogP contribution in [0.4, 0.5) is 0 Å². The van der Waals surface area contributed by atoms with Crippen molar-refractivity contribution >= 4 is 29.8 Å². The maximum atomic E-state index is 13.0. The Labute approximate surface area is 214 Å². The lowest BCUT2D eigenvalue weighted by Crippen LogP contribution is -2.54. The number of aliphatic carboxylic acids is 1. The molecule has 10 heteroatoms. The van der Waals surface area contributed by atoms with Gasteiger partial charge in [-0.3, -0.25) is 24.0 Å². The van der Waals surface area contributed by atoms with E-state index in [2.05, 4.69) is 0 Å². The molecule has 1 atom stereocenters. The Hall–Kier alpha value is -2.65. The lowest BCUT2D eigenvalue weighted by Gasteiger charge is -2.44. The summed E-state index contributed by atoms with van der Waals surface area (Å²) in [6.45, 7) is 16.4. The van der Waals surface area contributed by atoms with Gasteiger partial charge in [0.25, 0.3) is 0 Å². The van der Waals surface area contributed by atoms with Crippen LogP contribution < -0.4 is 5.73 Å².